The Hall–Kier alpha value is -5.70. The maximum Gasteiger partial charge on any atom is 0.332 e. The van der Waals surface area contributed by atoms with E-state index in [1.807, 2.05) is 34.1 Å². The number of hydrogen-bond donors (Lipinski definition) is 2. The Morgan fingerprint density at radius 2 is 1.14 bits per heavy atom. The number of benzene rings is 2. The largest absolute Gasteiger partial charge is 0.356 e. The summed E-state index contributed by atoms with van der Waals surface area (Å²) in [7, 11) is 1.46. The SMILES string of the molecule is CCn1c(=O)cc(N2CCCC(N)C2)n(Cc2ccccc2C#N)c1=O.Cn1c(=O)cc(N2CCCC(N)C2)n(Cc2ccccc2C#N)c1=O. The Morgan fingerprint density at radius 1 is 0.686 bits per heavy atom. The second-order valence-corrected chi connectivity index (χ2v) is 13.0. The summed E-state index contributed by atoms with van der Waals surface area (Å²) in [6, 6.07) is 21.7. The fourth-order valence-corrected chi connectivity index (χ4v) is 6.69. The van der Waals surface area contributed by atoms with Crippen molar-refractivity contribution in [1.29, 1.82) is 10.5 Å². The van der Waals surface area contributed by atoms with Crippen molar-refractivity contribution in [1.82, 2.24) is 18.3 Å². The van der Waals surface area contributed by atoms with Crippen molar-refractivity contribution in [3.05, 3.63) is 125 Å². The van der Waals surface area contributed by atoms with Crippen LogP contribution in [0.2, 0.25) is 0 Å². The van der Waals surface area contributed by atoms with Crippen LogP contribution in [0.25, 0.3) is 0 Å². The first-order chi connectivity index (χ1) is 24.6. The summed E-state index contributed by atoms with van der Waals surface area (Å²) in [4.78, 5) is 54.2. The fourth-order valence-electron chi connectivity index (χ4n) is 6.69. The van der Waals surface area contributed by atoms with E-state index in [-0.39, 0.29) is 42.0 Å². The lowest BCUT2D eigenvalue weighted by Gasteiger charge is -2.34. The van der Waals surface area contributed by atoms with Crippen LogP contribution in [0.3, 0.4) is 0 Å². The lowest BCUT2D eigenvalue weighted by Crippen LogP contribution is -2.48. The smallest absolute Gasteiger partial charge is 0.332 e. The first-order valence-corrected chi connectivity index (χ1v) is 17.2. The van der Waals surface area contributed by atoms with E-state index < -0.39 is 5.69 Å². The molecular formula is C37H44N10O4. The van der Waals surface area contributed by atoms with Crippen molar-refractivity contribution in [2.45, 2.75) is 64.3 Å². The Balaban J connectivity index is 0.000000198. The van der Waals surface area contributed by atoms with Gasteiger partial charge in [0.1, 0.15) is 11.6 Å². The molecule has 2 unspecified atom stereocenters. The second kappa shape index (κ2) is 16.3. The maximum atomic E-state index is 13.0. The monoisotopic (exact) mass is 692 g/mol. The predicted molar refractivity (Wildman–Crippen MR) is 196 cm³/mol. The summed E-state index contributed by atoms with van der Waals surface area (Å²) in [6.07, 6.45) is 3.70. The lowest BCUT2D eigenvalue weighted by molar-refractivity contribution is 0.489. The van der Waals surface area contributed by atoms with Crippen LogP contribution in [0.1, 0.15) is 54.9 Å². The van der Waals surface area contributed by atoms with Gasteiger partial charge in [-0.15, -0.1) is 0 Å². The highest BCUT2D eigenvalue weighted by atomic mass is 16.2. The van der Waals surface area contributed by atoms with E-state index in [0.717, 1.165) is 54.5 Å². The summed E-state index contributed by atoms with van der Waals surface area (Å²) >= 11 is 0. The van der Waals surface area contributed by atoms with E-state index in [2.05, 4.69) is 12.1 Å². The van der Waals surface area contributed by atoms with E-state index in [9.17, 15) is 29.7 Å². The van der Waals surface area contributed by atoms with Crippen LogP contribution in [0.5, 0.6) is 0 Å². The number of nitrogens with zero attached hydrogens (tertiary/aromatic N) is 8. The van der Waals surface area contributed by atoms with Gasteiger partial charge in [-0.2, -0.15) is 10.5 Å². The normalized spacial score (nSPS) is 17.2. The molecule has 2 aromatic heterocycles. The van der Waals surface area contributed by atoms with Crippen LogP contribution < -0.4 is 43.8 Å². The van der Waals surface area contributed by atoms with Gasteiger partial charge in [0.25, 0.3) is 11.1 Å². The molecule has 4 N–H and O–H groups in total. The number of rotatable bonds is 7. The molecule has 2 aromatic carbocycles. The van der Waals surface area contributed by atoms with E-state index >= 15 is 0 Å². The molecule has 0 spiro atoms. The Morgan fingerprint density at radius 3 is 1.59 bits per heavy atom. The molecule has 6 rings (SSSR count). The van der Waals surface area contributed by atoms with Gasteiger partial charge < -0.3 is 21.3 Å². The standard InChI is InChI=1S/C19H23N5O2.C18H21N5O2/c1-2-23-18(25)10-17(22-9-5-8-16(21)13-22)24(19(23)26)12-15-7-4-3-6-14(15)11-20;1-21-17(24)9-16(22-8-4-7-15(20)12-22)23(18(21)25)11-14-6-3-2-5-13(14)10-19/h3-4,6-7,10,16H,2,5,8-9,12-13,21H2,1H3;2-3,5-6,9,15H,4,7-8,11-12,20H2,1H3. The molecule has 2 aliphatic heterocycles. The Bertz CT molecular complexity index is 2200. The van der Waals surface area contributed by atoms with Crippen LogP contribution in [0, 0.1) is 22.7 Å². The minimum absolute atomic E-state index is 0.0207. The van der Waals surface area contributed by atoms with Crippen molar-refractivity contribution in [2.24, 2.45) is 18.5 Å². The summed E-state index contributed by atoms with van der Waals surface area (Å²) in [5.74, 6) is 1.14. The lowest BCUT2D eigenvalue weighted by atomic mass is 10.1. The van der Waals surface area contributed by atoms with Crippen molar-refractivity contribution < 1.29 is 0 Å². The molecule has 4 aromatic rings. The van der Waals surface area contributed by atoms with Gasteiger partial charge in [-0.25, -0.2) is 9.59 Å². The summed E-state index contributed by atoms with van der Waals surface area (Å²) in [5.41, 5.74) is 13.3. The average molecular weight is 693 g/mol. The molecule has 4 heterocycles. The van der Waals surface area contributed by atoms with Crippen molar-refractivity contribution >= 4 is 11.6 Å². The highest BCUT2D eigenvalue weighted by Gasteiger charge is 2.24. The minimum Gasteiger partial charge on any atom is -0.356 e. The molecule has 0 radical (unpaired) electrons. The summed E-state index contributed by atoms with van der Waals surface area (Å²) in [6.45, 7) is 5.26. The van der Waals surface area contributed by atoms with E-state index in [0.29, 0.717) is 42.4 Å². The van der Waals surface area contributed by atoms with Crippen LogP contribution in [-0.4, -0.2) is 56.5 Å². The van der Waals surface area contributed by atoms with E-state index in [4.69, 9.17) is 11.5 Å². The first-order valence-electron chi connectivity index (χ1n) is 17.2. The van der Waals surface area contributed by atoms with Gasteiger partial charge in [0, 0.05) is 64.0 Å². The van der Waals surface area contributed by atoms with Crippen LogP contribution in [0.4, 0.5) is 11.6 Å². The second-order valence-electron chi connectivity index (χ2n) is 13.0. The van der Waals surface area contributed by atoms with Gasteiger partial charge in [-0.05, 0) is 55.9 Å². The number of piperidine rings is 2. The molecule has 2 saturated heterocycles. The molecular weight excluding hydrogens is 648 g/mol. The topological polar surface area (TPSA) is 194 Å². The number of nitriles is 2. The van der Waals surface area contributed by atoms with Crippen LogP contribution in [0.15, 0.2) is 79.8 Å². The van der Waals surface area contributed by atoms with E-state index in [1.165, 1.54) is 23.7 Å². The summed E-state index contributed by atoms with van der Waals surface area (Å²) in [5, 5.41) is 18.6. The number of aromatic nitrogens is 4. The molecule has 2 fully saturated rings. The average Bonchev–Trinajstić information content (AvgIpc) is 3.13. The summed E-state index contributed by atoms with van der Waals surface area (Å²) < 4.78 is 5.43. The Labute approximate surface area is 295 Å². The zero-order chi connectivity index (χ0) is 36.7. The Kier molecular flexibility index (Phi) is 11.7. The number of nitrogens with two attached hydrogens (primary N) is 2. The predicted octanol–water partition coefficient (Wildman–Crippen LogP) is 1.27. The molecule has 266 valence electrons. The highest BCUT2D eigenvalue weighted by Crippen LogP contribution is 2.21. The van der Waals surface area contributed by atoms with Gasteiger partial charge in [-0.1, -0.05) is 36.4 Å². The zero-order valence-electron chi connectivity index (χ0n) is 29.1. The molecule has 14 nitrogen and oxygen atoms in total. The van der Waals surface area contributed by atoms with Gasteiger partial charge >= 0.3 is 11.4 Å². The molecule has 0 bridgehead atoms. The first kappa shape index (κ1) is 36.6. The molecule has 2 aliphatic rings. The van der Waals surface area contributed by atoms with Gasteiger partial charge in [0.05, 0.1) is 36.4 Å². The fraction of sp³-hybridized carbons (Fsp3) is 0.405. The molecule has 0 amide bonds. The van der Waals surface area contributed by atoms with Crippen LogP contribution >= 0.6 is 0 Å². The number of anilines is 2. The van der Waals surface area contributed by atoms with Gasteiger partial charge in [-0.3, -0.25) is 27.9 Å². The quantitative estimate of drug-likeness (QED) is 0.285. The van der Waals surface area contributed by atoms with Crippen LogP contribution in [-0.2, 0) is 26.7 Å². The van der Waals surface area contributed by atoms with Crippen molar-refractivity contribution in [3.8, 4) is 12.1 Å². The molecule has 2 atom stereocenters. The van der Waals surface area contributed by atoms with Crippen molar-refractivity contribution in [2.75, 3.05) is 36.0 Å². The third kappa shape index (κ3) is 8.20. The van der Waals surface area contributed by atoms with Gasteiger partial charge in [0.15, 0.2) is 0 Å². The van der Waals surface area contributed by atoms with Crippen molar-refractivity contribution in [3.63, 3.8) is 0 Å². The molecule has 0 aliphatic carbocycles. The number of hydrogen-bond acceptors (Lipinski definition) is 10. The maximum absolute atomic E-state index is 13.0. The minimum atomic E-state index is -0.394. The third-order valence-electron chi connectivity index (χ3n) is 9.45. The third-order valence-corrected chi connectivity index (χ3v) is 9.45. The molecule has 51 heavy (non-hydrogen) atoms. The molecule has 0 saturated carbocycles. The zero-order valence-corrected chi connectivity index (χ0v) is 29.1. The molecule has 14 heteroatoms. The van der Waals surface area contributed by atoms with E-state index in [1.54, 1.807) is 40.3 Å². The highest BCUT2D eigenvalue weighted by molar-refractivity contribution is 5.44. The van der Waals surface area contributed by atoms with Gasteiger partial charge in [0.2, 0.25) is 0 Å².